The molecule has 1 N–H and O–H groups in total. The molecule has 6 rings (SSSR count). The zero-order valence-corrected chi connectivity index (χ0v) is 26.6. The smallest absolute Gasteiger partial charge is 0.284 e. The van der Waals surface area contributed by atoms with Gasteiger partial charge < -0.3 is 29.0 Å². The Bertz CT molecular complexity index is 2070. The van der Waals surface area contributed by atoms with Gasteiger partial charge in [-0.1, -0.05) is 0 Å². The highest BCUT2D eigenvalue weighted by atomic mass is 19.1. The summed E-state index contributed by atoms with van der Waals surface area (Å²) in [6.07, 6.45) is 2.98. The molecular weight excluding hydrogens is 647 g/mol. The van der Waals surface area contributed by atoms with Crippen molar-refractivity contribution in [2.75, 3.05) is 46.0 Å². The number of anilines is 1. The summed E-state index contributed by atoms with van der Waals surface area (Å²) in [5.41, 5.74) is -0.833. The van der Waals surface area contributed by atoms with E-state index in [0.717, 1.165) is 28.9 Å². The summed E-state index contributed by atoms with van der Waals surface area (Å²) in [5, 5.41) is 2.90. The van der Waals surface area contributed by atoms with E-state index in [1.54, 1.807) is 26.4 Å². The molecule has 0 saturated heterocycles. The summed E-state index contributed by atoms with van der Waals surface area (Å²) >= 11 is 0. The molecule has 2 aromatic heterocycles. The van der Waals surface area contributed by atoms with Crippen LogP contribution in [-0.2, 0) is 22.4 Å². The number of nitrogens with zero attached hydrogens (tertiary/aromatic N) is 4. The van der Waals surface area contributed by atoms with Crippen LogP contribution in [0.15, 0.2) is 59.7 Å². The summed E-state index contributed by atoms with van der Waals surface area (Å²) in [6.45, 7) is 1.52. The van der Waals surface area contributed by atoms with Crippen molar-refractivity contribution in [3.05, 3.63) is 93.9 Å². The third-order valence-corrected chi connectivity index (χ3v) is 7.80. The third kappa shape index (κ3) is 7.07. The fourth-order valence-electron chi connectivity index (χ4n) is 5.52. The number of aromatic nitrogens is 4. The Hall–Kier alpha value is -5.41. The molecule has 0 saturated carbocycles. The molecule has 1 aliphatic rings. The van der Waals surface area contributed by atoms with Crippen LogP contribution in [0.25, 0.3) is 16.6 Å². The molecule has 0 radical (unpaired) electrons. The summed E-state index contributed by atoms with van der Waals surface area (Å²) in [5.74, 6) is -2.34. The summed E-state index contributed by atoms with van der Waals surface area (Å²) in [6, 6.07) is 9.80. The number of fused-ring (bicyclic) bond motifs is 2. The molecule has 3 aromatic carbocycles. The quantitative estimate of drug-likeness (QED) is 0.162. The zero-order valence-electron chi connectivity index (χ0n) is 26.6. The maximum Gasteiger partial charge on any atom is 0.284 e. The Kier molecular flexibility index (Phi) is 10.1. The van der Waals surface area contributed by atoms with E-state index in [-0.39, 0.29) is 41.8 Å². The van der Waals surface area contributed by atoms with E-state index < -0.39 is 28.9 Å². The molecule has 0 bridgehead atoms. The molecule has 0 unspecified atom stereocenters. The lowest BCUT2D eigenvalue weighted by molar-refractivity contribution is 0.102. The van der Waals surface area contributed by atoms with Gasteiger partial charge in [0.05, 0.1) is 35.5 Å². The van der Waals surface area contributed by atoms with Crippen molar-refractivity contribution in [2.24, 2.45) is 0 Å². The van der Waals surface area contributed by atoms with Crippen molar-refractivity contribution in [3.8, 4) is 28.8 Å². The number of nitrogens with one attached hydrogen (secondary N) is 1. The largest absolute Gasteiger partial charge is 0.487 e. The highest BCUT2D eigenvalue weighted by Gasteiger charge is 2.29. The van der Waals surface area contributed by atoms with Crippen LogP contribution in [0.4, 0.5) is 18.9 Å². The molecule has 0 spiro atoms. The van der Waals surface area contributed by atoms with Gasteiger partial charge in [-0.2, -0.15) is 0 Å². The van der Waals surface area contributed by atoms with E-state index in [2.05, 4.69) is 15.3 Å². The number of benzene rings is 3. The average Bonchev–Trinajstić information content (AvgIpc) is 3.39. The van der Waals surface area contributed by atoms with Crippen molar-refractivity contribution in [1.29, 1.82) is 0 Å². The van der Waals surface area contributed by atoms with Crippen LogP contribution in [0.2, 0.25) is 0 Å². The van der Waals surface area contributed by atoms with Gasteiger partial charge in [-0.25, -0.2) is 27.8 Å². The SMILES string of the molecule is COCCOc1cc2ncnc(Oc3ccc(NC(=O)c4c5n(n(-c6cc(F)ccc6F)c4=O)CCCC5)c(F)c3)c2cc1OCCOC. The van der Waals surface area contributed by atoms with Crippen molar-refractivity contribution in [2.45, 2.75) is 25.8 Å². The number of methoxy groups -OCH3 is 2. The van der Waals surface area contributed by atoms with Crippen LogP contribution in [-0.4, -0.2) is 65.9 Å². The molecular formula is C34H32F3N5O7. The van der Waals surface area contributed by atoms with Crippen molar-refractivity contribution >= 4 is 22.5 Å². The minimum Gasteiger partial charge on any atom is -0.487 e. The second kappa shape index (κ2) is 14.8. The fraction of sp³-hybridized carbons (Fsp3) is 0.294. The summed E-state index contributed by atoms with van der Waals surface area (Å²) in [4.78, 5) is 35.5. The summed E-state index contributed by atoms with van der Waals surface area (Å²) < 4.78 is 74.4. The fourth-order valence-corrected chi connectivity index (χ4v) is 5.52. The van der Waals surface area contributed by atoms with Crippen LogP contribution < -0.4 is 25.1 Å². The van der Waals surface area contributed by atoms with Crippen molar-refractivity contribution < 1.29 is 41.7 Å². The van der Waals surface area contributed by atoms with Crippen LogP contribution in [0.3, 0.4) is 0 Å². The number of hydrogen-bond acceptors (Lipinski definition) is 9. The number of amides is 1. The molecule has 15 heteroatoms. The minimum absolute atomic E-state index is 0.0583. The van der Waals surface area contributed by atoms with Gasteiger partial charge in [0.25, 0.3) is 11.5 Å². The number of halogens is 3. The van der Waals surface area contributed by atoms with Gasteiger partial charge in [-0.3, -0.25) is 14.3 Å². The number of carbonyl (C=O) groups is 1. The normalized spacial score (nSPS) is 12.5. The molecule has 1 amide bonds. The molecule has 0 fully saturated rings. The summed E-state index contributed by atoms with van der Waals surface area (Å²) in [7, 11) is 3.11. The number of ether oxygens (including phenoxy) is 5. The minimum atomic E-state index is -0.884. The number of hydrogen-bond donors (Lipinski definition) is 1. The molecule has 5 aromatic rings. The first-order valence-electron chi connectivity index (χ1n) is 15.4. The van der Waals surface area contributed by atoms with E-state index in [9.17, 15) is 18.4 Å². The van der Waals surface area contributed by atoms with E-state index >= 15 is 4.39 Å². The lowest BCUT2D eigenvalue weighted by atomic mass is 10.1. The highest BCUT2D eigenvalue weighted by molar-refractivity contribution is 6.05. The lowest BCUT2D eigenvalue weighted by Crippen LogP contribution is -2.27. The Balaban J connectivity index is 1.26. The van der Waals surface area contributed by atoms with Gasteiger partial charge in [-0.15, -0.1) is 0 Å². The van der Waals surface area contributed by atoms with Gasteiger partial charge in [0.2, 0.25) is 5.88 Å². The highest BCUT2D eigenvalue weighted by Crippen LogP contribution is 2.37. The van der Waals surface area contributed by atoms with Crippen molar-refractivity contribution in [1.82, 2.24) is 19.3 Å². The van der Waals surface area contributed by atoms with Gasteiger partial charge in [0.1, 0.15) is 54.0 Å². The Morgan fingerprint density at radius 1 is 0.878 bits per heavy atom. The maximum absolute atomic E-state index is 15.4. The van der Waals surface area contributed by atoms with E-state index in [4.69, 9.17) is 23.7 Å². The van der Waals surface area contributed by atoms with Gasteiger partial charge in [0.15, 0.2) is 11.5 Å². The molecule has 1 aliphatic heterocycles. The monoisotopic (exact) mass is 679 g/mol. The van der Waals surface area contributed by atoms with Crippen LogP contribution in [0, 0.1) is 17.5 Å². The molecule has 0 atom stereocenters. The second-order valence-corrected chi connectivity index (χ2v) is 11.0. The first kappa shape index (κ1) is 33.5. The molecule has 12 nitrogen and oxygen atoms in total. The van der Waals surface area contributed by atoms with Gasteiger partial charge >= 0.3 is 0 Å². The zero-order chi connectivity index (χ0) is 34.5. The van der Waals surface area contributed by atoms with Crippen LogP contribution in [0.1, 0.15) is 28.9 Å². The predicted molar refractivity (Wildman–Crippen MR) is 172 cm³/mol. The maximum atomic E-state index is 15.4. The first-order valence-corrected chi connectivity index (χ1v) is 15.4. The predicted octanol–water partition coefficient (Wildman–Crippen LogP) is 5.43. The molecule has 49 heavy (non-hydrogen) atoms. The Labute approximate surface area is 277 Å². The third-order valence-electron chi connectivity index (χ3n) is 7.80. The molecule has 3 heterocycles. The van der Waals surface area contributed by atoms with E-state index in [1.165, 1.54) is 23.1 Å². The van der Waals surface area contributed by atoms with E-state index in [0.29, 0.717) is 67.1 Å². The van der Waals surface area contributed by atoms with Crippen LogP contribution >= 0.6 is 0 Å². The van der Waals surface area contributed by atoms with Crippen molar-refractivity contribution in [3.63, 3.8) is 0 Å². The number of rotatable bonds is 13. The lowest BCUT2D eigenvalue weighted by Gasteiger charge is -2.19. The average molecular weight is 680 g/mol. The standard InChI is InChI=1S/C34H32F3N5O7/c1-45-11-13-47-29-17-22-26(18-30(29)48-14-12-46-2)38-19-39-33(22)49-21-7-9-25(24(37)16-21)40-32(43)31-27-5-3-4-10-41(27)42(34(31)44)28-15-20(35)6-8-23(28)36/h6-9,15-19H,3-5,10-14H2,1-2H3,(H,40,43). The molecule has 256 valence electrons. The topological polar surface area (TPSA) is 128 Å². The first-order chi connectivity index (χ1) is 23.8. The molecule has 0 aliphatic carbocycles. The van der Waals surface area contributed by atoms with Gasteiger partial charge in [-0.05, 0) is 49.6 Å². The second-order valence-electron chi connectivity index (χ2n) is 11.0. The van der Waals surface area contributed by atoms with Gasteiger partial charge in [0, 0.05) is 39.0 Å². The Morgan fingerprint density at radius 3 is 2.37 bits per heavy atom. The Morgan fingerprint density at radius 2 is 1.63 bits per heavy atom. The van der Waals surface area contributed by atoms with E-state index in [1.807, 2.05) is 0 Å². The number of carbonyl (C=O) groups excluding carboxylic acids is 1. The van der Waals surface area contributed by atoms with Crippen LogP contribution in [0.5, 0.6) is 23.1 Å².